The van der Waals surface area contributed by atoms with E-state index in [9.17, 15) is 4.79 Å². The molecule has 0 N–H and O–H groups in total. The molecule has 0 bridgehead atoms. The highest BCUT2D eigenvalue weighted by Crippen LogP contribution is 2.34. The van der Waals surface area contributed by atoms with Gasteiger partial charge in [0.15, 0.2) is 0 Å². The Balaban J connectivity index is 2.11. The molecule has 16 heavy (non-hydrogen) atoms. The molecule has 1 saturated heterocycles. The van der Waals surface area contributed by atoms with Crippen LogP contribution in [0.4, 0.5) is 0 Å². The standard InChI is InChI=1S/C13H17NO2/c1-10-13(2,3)12(15)16-14(10)9-11-7-5-4-6-8-11/h4-8,10H,9H2,1-3H3. The van der Waals surface area contributed by atoms with Crippen molar-refractivity contribution < 1.29 is 9.63 Å². The molecule has 1 aromatic rings. The molecule has 0 amide bonds. The molecule has 1 heterocycles. The van der Waals surface area contributed by atoms with Gasteiger partial charge in [0.25, 0.3) is 0 Å². The third-order valence-corrected chi connectivity index (χ3v) is 3.38. The first-order valence-electron chi connectivity index (χ1n) is 5.55. The molecule has 0 spiro atoms. The highest BCUT2D eigenvalue weighted by molar-refractivity contribution is 5.78. The zero-order valence-corrected chi connectivity index (χ0v) is 9.93. The lowest BCUT2D eigenvalue weighted by atomic mass is 9.86. The predicted octanol–water partition coefficient (Wildman–Crippen LogP) is 2.38. The topological polar surface area (TPSA) is 29.5 Å². The van der Waals surface area contributed by atoms with E-state index in [2.05, 4.69) is 0 Å². The molecule has 0 saturated carbocycles. The summed E-state index contributed by atoms with van der Waals surface area (Å²) in [6, 6.07) is 10.1. The Morgan fingerprint density at radius 2 is 1.94 bits per heavy atom. The first kappa shape index (κ1) is 11.1. The van der Waals surface area contributed by atoms with Crippen molar-refractivity contribution >= 4 is 5.97 Å². The van der Waals surface area contributed by atoms with Crippen molar-refractivity contribution in [1.29, 1.82) is 0 Å². The molecule has 3 heteroatoms. The minimum Gasteiger partial charge on any atom is -0.367 e. The molecule has 0 aromatic heterocycles. The molecule has 0 aliphatic carbocycles. The van der Waals surface area contributed by atoms with E-state index in [-0.39, 0.29) is 12.0 Å². The van der Waals surface area contributed by atoms with Gasteiger partial charge in [-0.3, -0.25) is 0 Å². The summed E-state index contributed by atoms with van der Waals surface area (Å²) in [4.78, 5) is 16.9. The van der Waals surface area contributed by atoms with Crippen LogP contribution in [0.3, 0.4) is 0 Å². The Morgan fingerprint density at radius 3 is 2.44 bits per heavy atom. The maximum Gasteiger partial charge on any atom is 0.332 e. The van der Waals surface area contributed by atoms with Crippen molar-refractivity contribution in [2.75, 3.05) is 0 Å². The van der Waals surface area contributed by atoms with Gasteiger partial charge in [-0.05, 0) is 26.3 Å². The van der Waals surface area contributed by atoms with Crippen molar-refractivity contribution in [1.82, 2.24) is 5.06 Å². The van der Waals surface area contributed by atoms with Gasteiger partial charge >= 0.3 is 5.97 Å². The van der Waals surface area contributed by atoms with Gasteiger partial charge in [0.05, 0.1) is 18.0 Å². The van der Waals surface area contributed by atoms with Crippen LogP contribution >= 0.6 is 0 Å². The van der Waals surface area contributed by atoms with Gasteiger partial charge < -0.3 is 4.84 Å². The summed E-state index contributed by atoms with van der Waals surface area (Å²) >= 11 is 0. The van der Waals surface area contributed by atoms with Crippen LogP contribution in [0.1, 0.15) is 26.3 Å². The fourth-order valence-electron chi connectivity index (χ4n) is 1.77. The summed E-state index contributed by atoms with van der Waals surface area (Å²) < 4.78 is 0. The third-order valence-electron chi connectivity index (χ3n) is 3.38. The molecule has 1 aliphatic heterocycles. The fraction of sp³-hybridized carbons (Fsp3) is 0.462. The van der Waals surface area contributed by atoms with Crippen LogP contribution in [0.2, 0.25) is 0 Å². The number of hydrogen-bond donors (Lipinski definition) is 0. The van der Waals surface area contributed by atoms with E-state index >= 15 is 0 Å². The second kappa shape index (κ2) is 3.91. The molecule has 1 unspecified atom stereocenters. The van der Waals surface area contributed by atoms with Gasteiger partial charge in [-0.1, -0.05) is 30.3 Å². The monoisotopic (exact) mass is 219 g/mol. The normalized spacial score (nSPS) is 24.4. The van der Waals surface area contributed by atoms with Crippen LogP contribution in [-0.4, -0.2) is 17.1 Å². The van der Waals surface area contributed by atoms with Gasteiger partial charge in [0.2, 0.25) is 0 Å². The molecule has 2 rings (SSSR count). The number of carbonyl (C=O) groups excluding carboxylic acids is 1. The Kier molecular flexibility index (Phi) is 2.72. The molecule has 86 valence electrons. The van der Waals surface area contributed by atoms with E-state index in [1.807, 2.05) is 51.1 Å². The van der Waals surface area contributed by atoms with Gasteiger partial charge in [-0.15, -0.1) is 5.06 Å². The average molecular weight is 219 g/mol. The molecule has 1 aliphatic rings. The van der Waals surface area contributed by atoms with Crippen molar-refractivity contribution in [3.05, 3.63) is 35.9 Å². The second-order valence-electron chi connectivity index (χ2n) is 4.84. The SMILES string of the molecule is CC1N(Cc2ccccc2)OC(=O)C1(C)C. The average Bonchev–Trinajstić information content (AvgIpc) is 2.45. The van der Waals surface area contributed by atoms with Gasteiger partial charge in [0, 0.05) is 0 Å². The maximum absolute atomic E-state index is 11.6. The second-order valence-corrected chi connectivity index (χ2v) is 4.84. The lowest BCUT2D eigenvalue weighted by Crippen LogP contribution is -2.34. The molecule has 1 fully saturated rings. The minimum atomic E-state index is -0.422. The zero-order valence-electron chi connectivity index (χ0n) is 9.93. The van der Waals surface area contributed by atoms with Gasteiger partial charge in [-0.2, -0.15) is 0 Å². The number of hydrogen-bond acceptors (Lipinski definition) is 3. The van der Waals surface area contributed by atoms with E-state index in [1.165, 1.54) is 0 Å². The van der Waals surface area contributed by atoms with Crippen LogP contribution in [0.15, 0.2) is 30.3 Å². The van der Waals surface area contributed by atoms with Crippen molar-refractivity contribution in [2.45, 2.75) is 33.4 Å². The van der Waals surface area contributed by atoms with Crippen LogP contribution in [0, 0.1) is 5.41 Å². The highest BCUT2D eigenvalue weighted by atomic mass is 16.7. The maximum atomic E-state index is 11.6. The zero-order chi connectivity index (χ0) is 11.8. The smallest absolute Gasteiger partial charge is 0.332 e. The fourth-order valence-corrected chi connectivity index (χ4v) is 1.77. The Hall–Kier alpha value is -1.35. The van der Waals surface area contributed by atoms with Gasteiger partial charge in [0.1, 0.15) is 0 Å². The van der Waals surface area contributed by atoms with E-state index in [4.69, 9.17) is 4.84 Å². The molecular formula is C13H17NO2. The largest absolute Gasteiger partial charge is 0.367 e. The number of hydroxylamine groups is 2. The van der Waals surface area contributed by atoms with Crippen LogP contribution < -0.4 is 0 Å². The first-order chi connectivity index (χ1) is 7.51. The summed E-state index contributed by atoms with van der Waals surface area (Å²) in [5.41, 5.74) is 0.731. The van der Waals surface area contributed by atoms with Gasteiger partial charge in [-0.25, -0.2) is 4.79 Å². The van der Waals surface area contributed by atoms with Crippen molar-refractivity contribution in [3.8, 4) is 0 Å². The summed E-state index contributed by atoms with van der Waals surface area (Å²) in [6.07, 6.45) is 0. The molecule has 0 radical (unpaired) electrons. The molecule has 1 aromatic carbocycles. The predicted molar refractivity (Wildman–Crippen MR) is 61.3 cm³/mol. The Morgan fingerprint density at radius 1 is 1.31 bits per heavy atom. The molecule has 3 nitrogen and oxygen atoms in total. The summed E-state index contributed by atoms with van der Waals surface area (Å²) in [5, 5.41) is 1.76. The summed E-state index contributed by atoms with van der Waals surface area (Å²) in [7, 11) is 0. The van der Waals surface area contributed by atoms with Crippen molar-refractivity contribution in [3.63, 3.8) is 0 Å². The Labute approximate surface area is 96.0 Å². The quantitative estimate of drug-likeness (QED) is 0.764. The molecular weight excluding hydrogens is 202 g/mol. The van der Waals surface area contributed by atoms with Crippen LogP contribution in [0.25, 0.3) is 0 Å². The Bertz CT molecular complexity index is 386. The van der Waals surface area contributed by atoms with Crippen LogP contribution in [-0.2, 0) is 16.2 Å². The minimum absolute atomic E-state index is 0.0974. The van der Waals surface area contributed by atoms with E-state index in [0.29, 0.717) is 6.54 Å². The summed E-state index contributed by atoms with van der Waals surface area (Å²) in [5.74, 6) is -0.143. The van der Waals surface area contributed by atoms with E-state index in [0.717, 1.165) is 5.56 Å². The van der Waals surface area contributed by atoms with E-state index in [1.54, 1.807) is 5.06 Å². The third kappa shape index (κ3) is 1.83. The number of carbonyl (C=O) groups is 1. The first-order valence-corrected chi connectivity index (χ1v) is 5.55. The van der Waals surface area contributed by atoms with E-state index < -0.39 is 5.41 Å². The highest BCUT2D eigenvalue weighted by Gasteiger charge is 2.47. The molecule has 1 atom stereocenters. The summed E-state index contributed by atoms with van der Waals surface area (Å²) in [6.45, 7) is 6.51. The number of rotatable bonds is 2. The number of benzene rings is 1. The van der Waals surface area contributed by atoms with Crippen LogP contribution in [0.5, 0.6) is 0 Å². The van der Waals surface area contributed by atoms with Crippen molar-refractivity contribution in [2.24, 2.45) is 5.41 Å². The lowest BCUT2D eigenvalue weighted by molar-refractivity contribution is -0.177. The lowest BCUT2D eigenvalue weighted by Gasteiger charge is -2.22. The number of nitrogens with zero attached hydrogens (tertiary/aromatic N) is 1.